The van der Waals surface area contributed by atoms with Gasteiger partial charge in [0.1, 0.15) is 6.34 Å². The molecule has 0 rings (SSSR count). The third-order valence-electron chi connectivity index (χ3n) is 1.30. The molecule has 0 aliphatic heterocycles. The van der Waals surface area contributed by atoms with Crippen molar-refractivity contribution < 1.29 is 0 Å². The van der Waals surface area contributed by atoms with E-state index >= 15 is 0 Å². The van der Waals surface area contributed by atoms with Crippen molar-refractivity contribution in [3.05, 3.63) is 37.0 Å². The van der Waals surface area contributed by atoms with E-state index in [0.717, 1.165) is 17.6 Å². The molecule has 1 N–H and O–H groups in total. The van der Waals surface area contributed by atoms with Gasteiger partial charge in [-0.15, -0.1) is 0 Å². The number of hydrogen-bond donors (Lipinski definition) is 1. The Kier molecular flexibility index (Phi) is 23.5. The lowest BCUT2D eigenvalue weighted by Gasteiger charge is -1.92. The van der Waals surface area contributed by atoms with Crippen molar-refractivity contribution >= 4 is 12.1 Å². The zero-order valence-corrected chi connectivity index (χ0v) is 10.7. The van der Waals surface area contributed by atoms with Gasteiger partial charge in [-0.1, -0.05) is 45.2 Å². The highest BCUT2D eigenvalue weighted by Crippen LogP contribution is 1.93. The molecule has 0 radical (unpaired) electrons. The zero-order chi connectivity index (χ0) is 12.7. The molecule has 0 saturated heterocycles. The number of allylic oxidation sites excluding steroid dienone is 4. The van der Waals surface area contributed by atoms with Gasteiger partial charge < -0.3 is 0 Å². The van der Waals surface area contributed by atoms with Crippen LogP contribution in [-0.2, 0) is 0 Å². The molecule has 0 aromatic rings. The van der Waals surface area contributed by atoms with Gasteiger partial charge in [0.25, 0.3) is 0 Å². The Morgan fingerprint density at radius 3 is 1.80 bits per heavy atom. The maximum Gasteiger partial charge on any atom is 0.107 e. The van der Waals surface area contributed by atoms with Crippen LogP contribution in [0, 0.1) is 5.41 Å². The summed E-state index contributed by atoms with van der Waals surface area (Å²) in [6.07, 6.45) is 6.60. The molecule has 0 aromatic heterocycles. The highest BCUT2D eigenvalue weighted by atomic mass is 14.8. The van der Waals surface area contributed by atoms with Crippen LogP contribution in [0.1, 0.15) is 34.6 Å². The van der Waals surface area contributed by atoms with Crippen molar-refractivity contribution in [1.82, 2.24) is 0 Å². The predicted molar refractivity (Wildman–Crippen MR) is 73.1 cm³/mol. The Labute approximate surface area is 94.6 Å². The topological polar surface area (TPSA) is 36.2 Å². The number of nitrogens with one attached hydrogen (secondary N) is 1. The van der Waals surface area contributed by atoms with Crippen LogP contribution in [0.5, 0.6) is 0 Å². The van der Waals surface area contributed by atoms with Crippen LogP contribution in [0.3, 0.4) is 0 Å². The summed E-state index contributed by atoms with van der Waals surface area (Å²) in [5, 5.41) is 6.61. The standard InChI is InChI=1S/C7H10N2.C4H8.C2H6/c1-4-6(2)7(3)9-5-8;1-3-4-2;1-2/h4-5,8H,1-2H2,3H3;3-4H,1-2H3;1-2H3/b;4-3+;. The van der Waals surface area contributed by atoms with E-state index < -0.39 is 0 Å². The Hall–Kier alpha value is -1.44. The molecular weight excluding hydrogens is 184 g/mol. The molecule has 15 heavy (non-hydrogen) atoms. The van der Waals surface area contributed by atoms with Crippen molar-refractivity contribution in [2.24, 2.45) is 4.99 Å². The molecule has 0 unspecified atom stereocenters. The van der Waals surface area contributed by atoms with Crippen LogP contribution < -0.4 is 0 Å². The lowest BCUT2D eigenvalue weighted by molar-refractivity contribution is 1.50. The van der Waals surface area contributed by atoms with E-state index in [1.165, 1.54) is 0 Å². The fourth-order valence-corrected chi connectivity index (χ4v) is 0.327. The Balaban J connectivity index is -0.000000202. The number of rotatable bonds is 3. The highest BCUT2D eigenvalue weighted by Gasteiger charge is 1.88. The van der Waals surface area contributed by atoms with Crippen molar-refractivity contribution in [2.45, 2.75) is 34.6 Å². The molecule has 0 bridgehead atoms. The lowest BCUT2D eigenvalue weighted by Crippen LogP contribution is -1.91. The first-order valence-electron chi connectivity index (χ1n) is 5.06. The van der Waals surface area contributed by atoms with E-state index in [2.05, 4.69) is 18.2 Å². The molecule has 0 spiro atoms. The van der Waals surface area contributed by atoms with E-state index in [1.54, 1.807) is 13.0 Å². The average Bonchev–Trinajstić information content (AvgIpc) is 2.31. The van der Waals surface area contributed by atoms with E-state index in [9.17, 15) is 0 Å². The fraction of sp³-hybridized carbons (Fsp3) is 0.385. The molecule has 0 amide bonds. The van der Waals surface area contributed by atoms with Gasteiger partial charge in [0, 0.05) is 5.71 Å². The van der Waals surface area contributed by atoms with Gasteiger partial charge in [0.2, 0.25) is 0 Å². The molecule has 0 aliphatic rings. The van der Waals surface area contributed by atoms with Gasteiger partial charge in [0.05, 0.1) is 0 Å². The molecule has 0 aliphatic carbocycles. The zero-order valence-electron chi connectivity index (χ0n) is 10.7. The third-order valence-corrected chi connectivity index (χ3v) is 1.30. The molecule has 0 atom stereocenters. The van der Waals surface area contributed by atoms with Crippen LogP contribution in [0.2, 0.25) is 0 Å². The first kappa shape index (κ1) is 19.2. The largest absolute Gasteiger partial charge is 0.290 e. The first-order chi connectivity index (χ1) is 7.13. The van der Waals surface area contributed by atoms with Crippen LogP contribution in [0.25, 0.3) is 0 Å². The second-order valence-corrected chi connectivity index (χ2v) is 2.24. The summed E-state index contributed by atoms with van der Waals surface area (Å²) in [6, 6.07) is 0. The van der Waals surface area contributed by atoms with E-state index in [4.69, 9.17) is 5.41 Å². The van der Waals surface area contributed by atoms with Gasteiger partial charge in [0.15, 0.2) is 0 Å². The number of hydrogen-bond acceptors (Lipinski definition) is 1. The number of nitrogens with zero attached hydrogens (tertiary/aromatic N) is 1. The van der Waals surface area contributed by atoms with Gasteiger partial charge in [-0.05, 0) is 26.3 Å². The molecule has 0 fully saturated rings. The molecule has 2 nitrogen and oxygen atoms in total. The van der Waals surface area contributed by atoms with Crippen molar-refractivity contribution in [2.75, 3.05) is 0 Å². The summed E-state index contributed by atoms with van der Waals surface area (Å²) < 4.78 is 0. The molecule has 2 heteroatoms. The van der Waals surface area contributed by atoms with Crippen molar-refractivity contribution in [1.29, 1.82) is 5.41 Å². The Bertz CT molecular complexity index is 219. The summed E-state index contributed by atoms with van der Waals surface area (Å²) in [4.78, 5) is 3.68. The third kappa shape index (κ3) is 19.1. The quantitative estimate of drug-likeness (QED) is 0.309. The van der Waals surface area contributed by atoms with E-state index in [-0.39, 0.29) is 0 Å². The van der Waals surface area contributed by atoms with Gasteiger partial charge in [-0.3, -0.25) is 5.41 Å². The van der Waals surface area contributed by atoms with E-state index in [1.807, 2.05) is 39.8 Å². The summed E-state index contributed by atoms with van der Waals surface area (Å²) in [7, 11) is 0. The Morgan fingerprint density at radius 1 is 1.20 bits per heavy atom. The maximum atomic E-state index is 6.61. The summed E-state index contributed by atoms with van der Waals surface area (Å²) in [6.45, 7) is 16.9. The smallest absolute Gasteiger partial charge is 0.107 e. The van der Waals surface area contributed by atoms with E-state index in [0.29, 0.717) is 0 Å². The molecular formula is C13H24N2. The minimum Gasteiger partial charge on any atom is -0.290 e. The van der Waals surface area contributed by atoms with Crippen LogP contribution >= 0.6 is 0 Å². The van der Waals surface area contributed by atoms with Crippen molar-refractivity contribution in [3.63, 3.8) is 0 Å². The molecule has 0 aromatic carbocycles. The fourth-order valence-electron chi connectivity index (χ4n) is 0.327. The second-order valence-electron chi connectivity index (χ2n) is 2.24. The predicted octanol–water partition coefficient (Wildman–Crippen LogP) is 4.41. The second kappa shape index (κ2) is 18.4. The van der Waals surface area contributed by atoms with Crippen LogP contribution in [-0.4, -0.2) is 12.1 Å². The first-order valence-corrected chi connectivity index (χ1v) is 5.06. The normalized spacial score (nSPS) is 9.27. The lowest BCUT2D eigenvalue weighted by atomic mass is 10.2. The van der Waals surface area contributed by atoms with Gasteiger partial charge >= 0.3 is 0 Å². The van der Waals surface area contributed by atoms with Gasteiger partial charge in [-0.2, -0.15) is 0 Å². The Morgan fingerprint density at radius 2 is 1.60 bits per heavy atom. The molecule has 86 valence electrons. The summed E-state index contributed by atoms with van der Waals surface area (Å²) >= 11 is 0. The minimum absolute atomic E-state index is 0.736. The number of aliphatic imine (C=N–C) groups is 1. The van der Waals surface area contributed by atoms with Crippen LogP contribution in [0.15, 0.2) is 42.0 Å². The SMILES string of the molecule is C/C=C/C.C=CC(=C)C(C)=NC=N.CC. The summed E-state index contributed by atoms with van der Waals surface area (Å²) in [5.41, 5.74) is 1.50. The van der Waals surface area contributed by atoms with Crippen molar-refractivity contribution in [3.8, 4) is 0 Å². The summed E-state index contributed by atoms with van der Waals surface area (Å²) in [5.74, 6) is 0. The average molecular weight is 208 g/mol. The van der Waals surface area contributed by atoms with Crippen LogP contribution in [0.4, 0.5) is 0 Å². The monoisotopic (exact) mass is 208 g/mol. The highest BCUT2D eigenvalue weighted by molar-refractivity contribution is 6.03. The minimum atomic E-state index is 0.736. The molecule has 0 saturated carbocycles. The molecule has 0 heterocycles. The maximum absolute atomic E-state index is 6.61. The van der Waals surface area contributed by atoms with Gasteiger partial charge in [-0.25, -0.2) is 4.99 Å².